The Kier molecular flexibility index (Phi) is 6.12. The van der Waals surface area contributed by atoms with E-state index in [1.54, 1.807) is 12.4 Å². The number of aliphatic carboxylic acids is 1. The lowest BCUT2D eigenvalue weighted by Gasteiger charge is -2.14. The molecule has 1 rings (SSSR count). The summed E-state index contributed by atoms with van der Waals surface area (Å²) in [6, 6.07) is 0.0181. The van der Waals surface area contributed by atoms with Gasteiger partial charge in [-0.3, -0.25) is 9.78 Å². The Morgan fingerprint density at radius 3 is 2.71 bits per heavy atom. The van der Waals surface area contributed by atoms with Crippen LogP contribution >= 0.6 is 0 Å². The van der Waals surface area contributed by atoms with Crippen LogP contribution in [-0.2, 0) is 16.1 Å². The summed E-state index contributed by atoms with van der Waals surface area (Å²) in [6.45, 7) is 2.11. The Morgan fingerprint density at radius 1 is 1.43 bits per heavy atom. The molecule has 0 spiro atoms. The van der Waals surface area contributed by atoms with Crippen molar-refractivity contribution < 1.29 is 19.5 Å². The minimum atomic E-state index is -1.22. The van der Waals surface area contributed by atoms with Gasteiger partial charge in [-0.15, -0.1) is 0 Å². The topological polar surface area (TPSA) is 134 Å². The minimum absolute atomic E-state index is 0.0516. The van der Waals surface area contributed by atoms with E-state index >= 15 is 0 Å². The fraction of sp³-hybridized carbons (Fsp3) is 0.385. The number of hydrogen-bond donors (Lipinski definition) is 4. The highest BCUT2D eigenvalue weighted by Gasteiger charge is 2.20. The quantitative estimate of drug-likeness (QED) is 0.557. The van der Waals surface area contributed by atoms with Crippen LogP contribution in [0.3, 0.4) is 0 Å². The third kappa shape index (κ3) is 5.89. The molecule has 1 atom stereocenters. The van der Waals surface area contributed by atoms with E-state index in [9.17, 15) is 14.4 Å². The Balaban J connectivity index is 2.49. The molecule has 1 unspecified atom stereocenters. The molecule has 0 saturated heterocycles. The average molecular weight is 294 g/mol. The second-order valence-electron chi connectivity index (χ2n) is 4.52. The summed E-state index contributed by atoms with van der Waals surface area (Å²) in [5.41, 5.74) is 6.75. The molecule has 1 heterocycles. The summed E-state index contributed by atoms with van der Waals surface area (Å²) in [7, 11) is 0. The molecule has 3 amide bonds. The molecule has 0 radical (unpaired) electrons. The van der Waals surface area contributed by atoms with Crippen LogP contribution in [0.2, 0.25) is 0 Å². The summed E-state index contributed by atoms with van der Waals surface area (Å²) in [5.74, 6) is -1.83. The van der Waals surface area contributed by atoms with Gasteiger partial charge in [0.15, 0.2) is 0 Å². The lowest BCUT2D eigenvalue weighted by molar-refractivity contribution is -0.139. The maximum absolute atomic E-state index is 11.7. The summed E-state index contributed by atoms with van der Waals surface area (Å²) in [6.07, 6.45) is 3.10. The summed E-state index contributed by atoms with van der Waals surface area (Å²) < 4.78 is 0. The first-order valence-electron chi connectivity index (χ1n) is 6.35. The van der Waals surface area contributed by atoms with E-state index in [4.69, 9.17) is 10.8 Å². The fourth-order valence-electron chi connectivity index (χ4n) is 1.61. The molecule has 21 heavy (non-hydrogen) atoms. The van der Waals surface area contributed by atoms with E-state index in [0.29, 0.717) is 0 Å². The van der Waals surface area contributed by atoms with Crippen molar-refractivity contribution in [1.82, 2.24) is 15.6 Å². The Hall–Kier alpha value is -2.64. The molecule has 0 aliphatic heterocycles. The first kappa shape index (κ1) is 16.4. The number of hydrogen-bond acceptors (Lipinski definition) is 4. The summed E-state index contributed by atoms with van der Waals surface area (Å²) in [5, 5.41) is 13.8. The van der Waals surface area contributed by atoms with Gasteiger partial charge in [-0.1, -0.05) is 0 Å². The second kappa shape index (κ2) is 7.83. The SMILES string of the molecule is Cc1ccncc1CNC(=O)NC(CCC(N)=O)C(=O)O. The second-order valence-corrected chi connectivity index (χ2v) is 4.52. The molecule has 114 valence electrons. The molecular formula is C13H18N4O4. The van der Waals surface area contributed by atoms with Crippen LogP contribution < -0.4 is 16.4 Å². The van der Waals surface area contributed by atoms with Crippen LogP contribution in [0.4, 0.5) is 4.79 Å². The van der Waals surface area contributed by atoms with E-state index in [0.717, 1.165) is 11.1 Å². The van der Waals surface area contributed by atoms with Crippen LogP contribution in [0, 0.1) is 6.92 Å². The van der Waals surface area contributed by atoms with Crippen LogP contribution in [-0.4, -0.2) is 34.0 Å². The summed E-state index contributed by atoms with van der Waals surface area (Å²) >= 11 is 0. The number of carboxylic acids is 1. The highest BCUT2D eigenvalue weighted by Crippen LogP contribution is 2.04. The lowest BCUT2D eigenvalue weighted by Crippen LogP contribution is -2.46. The molecule has 0 aliphatic rings. The molecule has 0 saturated carbocycles. The number of primary amides is 1. The van der Waals surface area contributed by atoms with Crippen LogP contribution in [0.1, 0.15) is 24.0 Å². The highest BCUT2D eigenvalue weighted by molar-refractivity contribution is 5.83. The van der Waals surface area contributed by atoms with Crippen molar-refractivity contribution in [3.63, 3.8) is 0 Å². The minimum Gasteiger partial charge on any atom is -0.480 e. The Bertz CT molecular complexity index is 533. The van der Waals surface area contributed by atoms with Gasteiger partial charge in [0.05, 0.1) is 0 Å². The van der Waals surface area contributed by atoms with E-state index in [2.05, 4.69) is 15.6 Å². The first-order chi connectivity index (χ1) is 9.90. The predicted octanol–water partition coefficient (Wildman–Crippen LogP) is -0.0921. The fourth-order valence-corrected chi connectivity index (χ4v) is 1.61. The van der Waals surface area contributed by atoms with Crippen molar-refractivity contribution >= 4 is 17.9 Å². The van der Waals surface area contributed by atoms with Crippen LogP contribution in [0.5, 0.6) is 0 Å². The monoisotopic (exact) mass is 294 g/mol. The van der Waals surface area contributed by atoms with E-state index in [-0.39, 0.29) is 19.4 Å². The zero-order valence-corrected chi connectivity index (χ0v) is 11.6. The molecule has 5 N–H and O–H groups in total. The van der Waals surface area contributed by atoms with E-state index in [1.807, 2.05) is 13.0 Å². The van der Waals surface area contributed by atoms with Crippen molar-refractivity contribution in [3.8, 4) is 0 Å². The van der Waals surface area contributed by atoms with Gasteiger partial charge in [-0.25, -0.2) is 9.59 Å². The maximum Gasteiger partial charge on any atom is 0.326 e. The van der Waals surface area contributed by atoms with Crippen molar-refractivity contribution in [3.05, 3.63) is 29.6 Å². The number of carbonyl (C=O) groups excluding carboxylic acids is 2. The molecule has 1 aromatic rings. The van der Waals surface area contributed by atoms with Crippen LogP contribution in [0.15, 0.2) is 18.5 Å². The molecule has 8 nitrogen and oxygen atoms in total. The standard InChI is InChI=1S/C13H18N4O4/c1-8-4-5-15-6-9(8)7-16-13(21)17-10(12(19)20)2-3-11(14)18/h4-6,10H,2-3,7H2,1H3,(H2,14,18)(H,19,20)(H2,16,17,21). The van der Waals surface area contributed by atoms with Gasteiger partial charge in [0.2, 0.25) is 5.91 Å². The highest BCUT2D eigenvalue weighted by atomic mass is 16.4. The molecule has 0 fully saturated rings. The number of rotatable bonds is 7. The third-order valence-electron chi connectivity index (χ3n) is 2.87. The number of carbonyl (C=O) groups is 3. The predicted molar refractivity (Wildman–Crippen MR) is 74.2 cm³/mol. The number of amides is 3. The number of nitrogens with zero attached hydrogens (tertiary/aromatic N) is 1. The summed E-state index contributed by atoms with van der Waals surface area (Å²) in [4.78, 5) is 37.2. The number of aromatic nitrogens is 1. The van der Waals surface area contributed by atoms with Gasteiger partial charge >= 0.3 is 12.0 Å². The zero-order valence-electron chi connectivity index (χ0n) is 11.6. The van der Waals surface area contributed by atoms with Gasteiger partial charge in [0.1, 0.15) is 6.04 Å². The number of urea groups is 1. The molecule has 8 heteroatoms. The molecule has 0 bridgehead atoms. The van der Waals surface area contributed by atoms with Gasteiger partial charge in [-0.05, 0) is 30.5 Å². The number of nitrogens with one attached hydrogen (secondary N) is 2. The van der Waals surface area contributed by atoms with Gasteiger partial charge in [0, 0.05) is 25.4 Å². The number of aryl methyl sites for hydroxylation is 1. The van der Waals surface area contributed by atoms with Gasteiger partial charge in [0.25, 0.3) is 0 Å². The number of nitrogens with two attached hydrogens (primary N) is 1. The van der Waals surface area contributed by atoms with Crippen molar-refractivity contribution in [1.29, 1.82) is 0 Å². The van der Waals surface area contributed by atoms with E-state index < -0.39 is 23.9 Å². The van der Waals surface area contributed by atoms with Crippen molar-refractivity contribution in [2.45, 2.75) is 32.4 Å². The Labute approximate surface area is 121 Å². The number of carboxylic acid groups (broad SMARTS) is 1. The maximum atomic E-state index is 11.7. The smallest absolute Gasteiger partial charge is 0.326 e. The average Bonchev–Trinajstić information content (AvgIpc) is 2.42. The zero-order chi connectivity index (χ0) is 15.8. The molecular weight excluding hydrogens is 276 g/mol. The first-order valence-corrected chi connectivity index (χ1v) is 6.35. The van der Waals surface area contributed by atoms with E-state index in [1.165, 1.54) is 0 Å². The van der Waals surface area contributed by atoms with Gasteiger partial charge < -0.3 is 21.5 Å². The Morgan fingerprint density at radius 2 is 2.14 bits per heavy atom. The van der Waals surface area contributed by atoms with Crippen LogP contribution in [0.25, 0.3) is 0 Å². The number of pyridine rings is 1. The van der Waals surface area contributed by atoms with Crippen molar-refractivity contribution in [2.24, 2.45) is 5.73 Å². The van der Waals surface area contributed by atoms with Gasteiger partial charge in [-0.2, -0.15) is 0 Å². The molecule has 0 aliphatic carbocycles. The van der Waals surface area contributed by atoms with Crippen molar-refractivity contribution in [2.75, 3.05) is 0 Å². The third-order valence-corrected chi connectivity index (χ3v) is 2.87. The molecule has 0 aromatic carbocycles. The lowest BCUT2D eigenvalue weighted by atomic mass is 10.1. The molecule has 1 aromatic heterocycles. The normalized spacial score (nSPS) is 11.5. The largest absolute Gasteiger partial charge is 0.480 e.